The van der Waals surface area contributed by atoms with Gasteiger partial charge in [-0.05, 0) is 31.0 Å². The number of rotatable bonds is 2. The number of carbonyl (C=O) groups excluding carboxylic acids is 1. The summed E-state index contributed by atoms with van der Waals surface area (Å²) in [6.07, 6.45) is 0.998. The van der Waals surface area contributed by atoms with E-state index in [0.717, 1.165) is 13.0 Å². The molecular formula is C13H18N2O3. The van der Waals surface area contributed by atoms with Gasteiger partial charge in [0.2, 0.25) is 0 Å². The molecule has 0 aromatic heterocycles. The van der Waals surface area contributed by atoms with Gasteiger partial charge in [-0.3, -0.25) is 4.79 Å². The Morgan fingerprint density at radius 3 is 2.67 bits per heavy atom. The predicted molar refractivity (Wildman–Crippen MR) is 67.7 cm³/mol. The van der Waals surface area contributed by atoms with E-state index in [1.165, 1.54) is 18.2 Å². The van der Waals surface area contributed by atoms with E-state index in [9.17, 15) is 15.0 Å². The summed E-state index contributed by atoms with van der Waals surface area (Å²) >= 11 is 0. The summed E-state index contributed by atoms with van der Waals surface area (Å²) in [6.45, 7) is 3.74. The highest BCUT2D eigenvalue weighted by atomic mass is 16.3. The number of phenols is 2. The quantitative estimate of drug-likeness (QED) is 0.626. The van der Waals surface area contributed by atoms with Crippen molar-refractivity contribution in [2.24, 2.45) is 5.92 Å². The van der Waals surface area contributed by atoms with Crippen molar-refractivity contribution in [2.45, 2.75) is 19.4 Å². The van der Waals surface area contributed by atoms with Gasteiger partial charge in [-0.25, -0.2) is 0 Å². The number of piperidine rings is 1. The first-order valence-corrected chi connectivity index (χ1v) is 6.12. The summed E-state index contributed by atoms with van der Waals surface area (Å²) in [7, 11) is 0. The van der Waals surface area contributed by atoms with Gasteiger partial charge in [-0.2, -0.15) is 0 Å². The molecule has 0 bridgehead atoms. The van der Waals surface area contributed by atoms with Crippen LogP contribution in [0.4, 0.5) is 0 Å². The average molecular weight is 250 g/mol. The summed E-state index contributed by atoms with van der Waals surface area (Å²) in [5.74, 6) is -0.470. The molecule has 1 fully saturated rings. The summed E-state index contributed by atoms with van der Waals surface area (Å²) in [6, 6.07) is 4.28. The van der Waals surface area contributed by atoms with Crippen LogP contribution < -0.4 is 10.6 Å². The fourth-order valence-electron chi connectivity index (χ4n) is 2.18. The second-order valence-electron chi connectivity index (χ2n) is 4.72. The number of carbonyl (C=O) groups is 1. The minimum Gasteiger partial charge on any atom is -0.507 e. The summed E-state index contributed by atoms with van der Waals surface area (Å²) in [5, 5.41) is 25.3. The molecule has 2 rings (SSSR count). The van der Waals surface area contributed by atoms with Gasteiger partial charge in [-0.15, -0.1) is 0 Å². The van der Waals surface area contributed by atoms with E-state index in [4.69, 9.17) is 0 Å². The zero-order valence-electron chi connectivity index (χ0n) is 10.3. The fourth-order valence-corrected chi connectivity index (χ4v) is 2.18. The Balaban J connectivity index is 2.12. The smallest absolute Gasteiger partial charge is 0.259 e. The molecule has 1 amide bonds. The lowest BCUT2D eigenvalue weighted by atomic mass is 9.94. The third-order valence-corrected chi connectivity index (χ3v) is 3.39. The van der Waals surface area contributed by atoms with Crippen molar-refractivity contribution in [3.05, 3.63) is 23.8 Å². The van der Waals surface area contributed by atoms with Gasteiger partial charge in [0.05, 0.1) is 0 Å². The zero-order chi connectivity index (χ0) is 13.1. The first-order chi connectivity index (χ1) is 8.59. The minimum atomic E-state index is -0.439. The SMILES string of the molecule is CC1CCNCC1NC(=O)c1c(O)cccc1O. The summed E-state index contributed by atoms with van der Waals surface area (Å²) < 4.78 is 0. The molecule has 1 aromatic carbocycles. The van der Waals surface area contributed by atoms with Gasteiger partial charge in [0.25, 0.3) is 5.91 Å². The van der Waals surface area contributed by atoms with Gasteiger partial charge in [0.1, 0.15) is 17.1 Å². The normalized spacial score (nSPS) is 23.6. The van der Waals surface area contributed by atoms with Crippen molar-refractivity contribution in [3.8, 4) is 11.5 Å². The van der Waals surface area contributed by atoms with Crippen molar-refractivity contribution in [1.82, 2.24) is 10.6 Å². The molecule has 5 heteroatoms. The number of benzene rings is 1. The van der Waals surface area contributed by atoms with Crippen LogP contribution in [0.5, 0.6) is 11.5 Å². The van der Waals surface area contributed by atoms with Crippen molar-refractivity contribution < 1.29 is 15.0 Å². The van der Waals surface area contributed by atoms with Gasteiger partial charge in [-0.1, -0.05) is 13.0 Å². The Kier molecular flexibility index (Phi) is 3.72. The number of hydrogen-bond acceptors (Lipinski definition) is 4. The number of phenolic OH excluding ortho intramolecular Hbond substituents is 2. The van der Waals surface area contributed by atoms with Gasteiger partial charge < -0.3 is 20.8 Å². The van der Waals surface area contributed by atoms with Gasteiger partial charge >= 0.3 is 0 Å². The molecule has 0 aliphatic carbocycles. The molecule has 1 saturated heterocycles. The van der Waals surface area contributed by atoms with Crippen LogP contribution in [0, 0.1) is 5.92 Å². The van der Waals surface area contributed by atoms with Crippen LogP contribution in [0.2, 0.25) is 0 Å². The molecule has 98 valence electrons. The second-order valence-corrected chi connectivity index (χ2v) is 4.72. The monoisotopic (exact) mass is 250 g/mol. The maximum Gasteiger partial charge on any atom is 0.259 e. The molecule has 1 aliphatic rings. The lowest BCUT2D eigenvalue weighted by molar-refractivity contribution is 0.0909. The summed E-state index contributed by atoms with van der Waals surface area (Å²) in [5.41, 5.74) is -0.0599. The fraction of sp³-hybridized carbons (Fsp3) is 0.462. The average Bonchev–Trinajstić information content (AvgIpc) is 2.32. The van der Waals surface area contributed by atoms with Crippen LogP contribution in [0.3, 0.4) is 0 Å². The number of nitrogens with one attached hydrogen (secondary N) is 2. The minimum absolute atomic E-state index is 0.0188. The molecular weight excluding hydrogens is 232 g/mol. The molecule has 0 radical (unpaired) electrons. The molecule has 1 heterocycles. The number of hydrogen-bond donors (Lipinski definition) is 4. The maximum absolute atomic E-state index is 12.0. The van der Waals surface area contributed by atoms with Crippen LogP contribution in [0.25, 0.3) is 0 Å². The Labute approximate surface area is 106 Å². The van der Waals surface area contributed by atoms with E-state index in [-0.39, 0.29) is 23.1 Å². The highest BCUT2D eigenvalue weighted by Gasteiger charge is 2.25. The van der Waals surface area contributed by atoms with Crippen molar-refractivity contribution >= 4 is 5.91 Å². The highest BCUT2D eigenvalue weighted by molar-refractivity contribution is 5.99. The van der Waals surface area contributed by atoms with E-state index in [2.05, 4.69) is 17.6 Å². The number of aromatic hydroxyl groups is 2. The third-order valence-electron chi connectivity index (χ3n) is 3.39. The van der Waals surface area contributed by atoms with Crippen LogP contribution >= 0.6 is 0 Å². The molecule has 4 N–H and O–H groups in total. The first-order valence-electron chi connectivity index (χ1n) is 6.12. The Hall–Kier alpha value is -1.75. The van der Waals surface area contributed by atoms with E-state index >= 15 is 0 Å². The van der Waals surface area contributed by atoms with Crippen molar-refractivity contribution in [2.75, 3.05) is 13.1 Å². The standard InChI is InChI=1S/C13H18N2O3/c1-8-5-6-14-7-9(8)15-13(18)12-10(16)3-2-4-11(12)17/h2-4,8-9,14,16-17H,5-7H2,1H3,(H,15,18). The first kappa shape index (κ1) is 12.7. The number of amides is 1. The molecule has 1 aliphatic heterocycles. The van der Waals surface area contributed by atoms with Gasteiger partial charge in [0, 0.05) is 12.6 Å². The maximum atomic E-state index is 12.0. The highest BCUT2D eigenvalue weighted by Crippen LogP contribution is 2.26. The van der Waals surface area contributed by atoms with Crippen LogP contribution in [-0.2, 0) is 0 Å². The van der Waals surface area contributed by atoms with E-state index < -0.39 is 5.91 Å². The Morgan fingerprint density at radius 2 is 2.06 bits per heavy atom. The van der Waals surface area contributed by atoms with Crippen molar-refractivity contribution in [1.29, 1.82) is 0 Å². The molecule has 18 heavy (non-hydrogen) atoms. The molecule has 2 atom stereocenters. The topological polar surface area (TPSA) is 81.6 Å². The Bertz CT molecular complexity index is 428. The van der Waals surface area contributed by atoms with Crippen LogP contribution in [0.1, 0.15) is 23.7 Å². The van der Waals surface area contributed by atoms with Crippen molar-refractivity contribution in [3.63, 3.8) is 0 Å². The molecule has 0 spiro atoms. The van der Waals surface area contributed by atoms with Crippen LogP contribution in [-0.4, -0.2) is 35.3 Å². The molecule has 5 nitrogen and oxygen atoms in total. The molecule has 2 unspecified atom stereocenters. The summed E-state index contributed by atoms with van der Waals surface area (Å²) in [4.78, 5) is 12.0. The molecule has 0 saturated carbocycles. The van der Waals surface area contributed by atoms with E-state index in [0.29, 0.717) is 12.5 Å². The largest absolute Gasteiger partial charge is 0.507 e. The lowest BCUT2D eigenvalue weighted by Gasteiger charge is -2.30. The predicted octanol–water partition coefficient (Wildman–Crippen LogP) is 0.826. The van der Waals surface area contributed by atoms with Gasteiger partial charge in [0.15, 0.2) is 0 Å². The molecule has 1 aromatic rings. The zero-order valence-corrected chi connectivity index (χ0v) is 10.3. The third kappa shape index (κ3) is 2.56. The van der Waals surface area contributed by atoms with Crippen LogP contribution in [0.15, 0.2) is 18.2 Å². The second kappa shape index (κ2) is 5.27. The lowest BCUT2D eigenvalue weighted by Crippen LogP contribution is -2.50. The Morgan fingerprint density at radius 1 is 1.39 bits per heavy atom. The van der Waals surface area contributed by atoms with E-state index in [1.54, 1.807) is 0 Å². The van der Waals surface area contributed by atoms with E-state index in [1.807, 2.05) is 0 Å².